The Bertz CT molecular complexity index is 4380. The first-order chi connectivity index (χ1) is 44.3. The van der Waals surface area contributed by atoms with E-state index in [0.717, 1.165) is 66.5 Å². The van der Waals surface area contributed by atoms with Crippen LogP contribution in [0.25, 0.3) is 32.7 Å². The molecular formula is C76H103N9O9S3. The summed E-state index contributed by atoms with van der Waals surface area (Å²) in [5.74, 6) is 0.269. The Hall–Kier alpha value is -8.79. The second kappa shape index (κ2) is 38.2. The van der Waals surface area contributed by atoms with Crippen molar-refractivity contribution < 1.29 is 39.6 Å². The third-order valence-electron chi connectivity index (χ3n) is 14.6. The minimum absolute atomic E-state index is 0. The summed E-state index contributed by atoms with van der Waals surface area (Å²) in [5, 5.41) is 21.2. The van der Waals surface area contributed by atoms with Crippen molar-refractivity contribution in [1.82, 2.24) is 30.9 Å². The lowest BCUT2D eigenvalue weighted by Gasteiger charge is -2.22. The van der Waals surface area contributed by atoms with E-state index in [1.54, 1.807) is 18.6 Å². The number of nitrogens with one attached hydrogen (secondary N) is 6. The van der Waals surface area contributed by atoms with E-state index >= 15 is 0 Å². The lowest BCUT2D eigenvalue weighted by molar-refractivity contribution is 0.0916. The summed E-state index contributed by atoms with van der Waals surface area (Å²) in [7, 11) is -9.22. The maximum Gasteiger partial charge on any atom is 0.255 e. The highest BCUT2D eigenvalue weighted by Crippen LogP contribution is 2.34. The average molecular weight is 1380 g/mol. The van der Waals surface area contributed by atoms with Gasteiger partial charge in [-0.2, -0.15) is 0 Å². The van der Waals surface area contributed by atoms with Crippen molar-refractivity contribution in [2.45, 2.75) is 142 Å². The van der Waals surface area contributed by atoms with Gasteiger partial charge in [-0.05, 0) is 170 Å². The molecule has 0 fully saturated rings. The van der Waals surface area contributed by atoms with E-state index in [2.05, 4.69) is 46.9 Å². The molecule has 0 aliphatic heterocycles. The van der Waals surface area contributed by atoms with Crippen LogP contribution >= 0.6 is 0 Å². The van der Waals surface area contributed by atoms with Gasteiger partial charge in [0.1, 0.15) is 0 Å². The van der Waals surface area contributed by atoms with Crippen LogP contribution in [0.1, 0.15) is 159 Å². The Morgan fingerprint density at radius 1 is 0.412 bits per heavy atom. The number of nitrogens with zero attached hydrogens (tertiary/aromatic N) is 3. The highest BCUT2D eigenvalue weighted by atomic mass is 32.2. The molecule has 0 aliphatic carbocycles. The van der Waals surface area contributed by atoms with Gasteiger partial charge in [-0.3, -0.25) is 29.3 Å². The fraction of sp³-hybridized carbons (Fsp3) is 0.368. The van der Waals surface area contributed by atoms with E-state index in [9.17, 15) is 39.6 Å². The standard InChI is InChI=1S/C25H31N3O3S.C24H29N3O3S.C23H27N3O3S.4CH4/c1-5-14-32(30,31)15-13-18-11-12-22-20(16-18)23(27-19-9-7-6-8-10-19)21(17-26-22)24(29)28-25(2,3)4;1-4-13-31(29,30)14-12-18-10-11-22-20(15-18)23(27-19-8-6-5-7-9-19)21(16-25-22)24(28)26-17(2)3;1-3-13-30(28,29)14-12-17-10-11-21-19(15-17)22(26-18-8-6-5-7-9-18)20(16-25-21)23(27)24-4-2;;;;/h6-12,16-17H,5,13-15H2,1-4H3,(H,26,27)(H,28,29);5-11,15-17H,4,12-14H2,1-3H3,(H,25,27)(H,26,28);5-11,15-16H,3-4,12-14H2,1-2H3,(H,24,27)(H,25,26);4*1H4. The number of carbonyl (C=O) groups is 3. The van der Waals surface area contributed by atoms with Crippen LogP contribution < -0.4 is 31.9 Å². The molecule has 0 atom stereocenters. The molecular weight excluding hydrogens is 1280 g/mol. The number of sulfone groups is 3. The van der Waals surface area contributed by atoms with Crippen LogP contribution in [0.5, 0.6) is 0 Å². The topological polar surface area (TPSA) is 264 Å². The molecule has 0 radical (unpaired) electrons. The summed E-state index contributed by atoms with van der Waals surface area (Å²) < 4.78 is 72.9. The lowest BCUT2D eigenvalue weighted by atomic mass is 10.0. The molecule has 0 spiro atoms. The van der Waals surface area contributed by atoms with Crippen LogP contribution in [-0.4, -0.2) is 111 Å². The number of benzene rings is 6. The maximum atomic E-state index is 13.1. The minimum Gasteiger partial charge on any atom is -0.354 e. The van der Waals surface area contributed by atoms with Gasteiger partial charge in [0.25, 0.3) is 17.7 Å². The highest BCUT2D eigenvalue weighted by Gasteiger charge is 2.23. The van der Waals surface area contributed by atoms with Crippen LogP contribution in [0.15, 0.2) is 164 Å². The SMILES string of the molecule is C.C.C.C.CCCS(=O)(=O)CCc1ccc2ncc(C(=O)NC(C)(C)C)c(Nc3ccccc3)c2c1.CCCS(=O)(=O)CCc1ccc2ncc(C(=O)NC(C)C)c(Nc3ccccc3)c2c1.CCCS(=O)(=O)CCc1ccc2ncc(C(=O)NCC)c(Nc3ccccc3)c2c1. The largest absolute Gasteiger partial charge is 0.354 e. The third-order valence-corrected chi connectivity index (χ3v) is 20.1. The molecule has 524 valence electrons. The number of anilines is 6. The van der Waals surface area contributed by atoms with Crippen molar-refractivity contribution in [3.63, 3.8) is 0 Å². The van der Waals surface area contributed by atoms with E-state index < -0.39 is 35.1 Å². The molecule has 0 saturated carbocycles. The number of carbonyl (C=O) groups excluding carboxylic acids is 3. The molecule has 0 unspecified atom stereocenters. The molecule has 0 saturated heterocycles. The van der Waals surface area contributed by atoms with Crippen molar-refractivity contribution >= 4 is 114 Å². The first kappa shape index (κ1) is 82.4. The van der Waals surface area contributed by atoms with Crippen LogP contribution in [0.2, 0.25) is 0 Å². The smallest absolute Gasteiger partial charge is 0.255 e. The number of aryl methyl sites for hydroxylation is 3. The molecule has 9 rings (SSSR count). The third kappa shape index (κ3) is 25.0. The Kier molecular flexibility index (Phi) is 32.5. The van der Waals surface area contributed by atoms with Crippen LogP contribution in [-0.2, 0) is 48.8 Å². The van der Waals surface area contributed by atoms with Crippen molar-refractivity contribution in [1.29, 1.82) is 0 Å². The minimum atomic E-state index is -3.08. The number of para-hydroxylation sites is 3. The van der Waals surface area contributed by atoms with E-state index in [0.29, 0.717) is 78.8 Å². The molecule has 6 aromatic carbocycles. The van der Waals surface area contributed by atoms with Gasteiger partial charge in [-0.25, -0.2) is 25.3 Å². The summed E-state index contributed by atoms with van der Waals surface area (Å²) in [6, 6.07) is 46.0. The monoisotopic (exact) mass is 1380 g/mol. The lowest BCUT2D eigenvalue weighted by Crippen LogP contribution is -2.40. The Labute approximate surface area is 577 Å². The van der Waals surface area contributed by atoms with Gasteiger partial charge >= 0.3 is 0 Å². The maximum absolute atomic E-state index is 13.1. The van der Waals surface area contributed by atoms with Gasteiger partial charge in [0.15, 0.2) is 29.5 Å². The van der Waals surface area contributed by atoms with Gasteiger partial charge in [0.05, 0.1) is 67.6 Å². The van der Waals surface area contributed by atoms with Crippen LogP contribution in [0.4, 0.5) is 34.1 Å². The van der Waals surface area contributed by atoms with Crippen LogP contribution in [0.3, 0.4) is 0 Å². The zero-order chi connectivity index (χ0) is 67.3. The second-order valence-corrected chi connectivity index (χ2v) is 31.0. The van der Waals surface area contributed by atoms with E-state index in [4.69, 9.17) is 0 Å². The molecule has 3 aromatic heterocycles. The average Bonchev–Trinajstić information content (AvgIpc) is 0.809. The van der Waals surface area contributed by atoms with Gasteiger partial charge in [0, 0.05) is 87.2 Å². The fourth-order valence-electron chi connectivity index (χ4n) is 10.2. The molecule has 0 aliphatic rings. The van der Waals surface area contributed by atoms with Gasteiger partial charge in [-0.1, -0.05) is 123 Å². The Balaban J connectivity index is 0.000000371. The molecule has 97 heavy (non-hydrogen) atoms. The summed E-state index contributed by atoms with van der Waals surface area (Å²) in [4.78, 5) is 52.0. The first-order valence-electron chi connectivity index (χ1n) is 31.5. The molecule has 6 N–H and O–H groups in total. The number of pyridine rings is 3. The van der Waals surface area contributed by atoms with Gasteiger partial charge < -0.3 is 31.9 Å². The second-order valence-electron chi connectivity index (χ2n) is 24.1. The van der Waals surface area contributed by atoms with Crippen molar-refractivity contribution in [2.75, 3.05) is 57.0 Å². The zero-order valence-corrected chi connectivity index (χ0v) is 57.0. The first-order valence-corrected chi connectivity index (χ1v) is 37.0. The van der Waals surface area contributed by atoms with E-state index in [1.807, 2.05) is 208 Å². The number of hydrogen-bond donors (Lipinski definition) is 6. The van der Waals surface area contributed by atoms with Crippen molar-refractivity contribution in [3.8, 4) is 0 Å². The number of amides is 3. The normalized spacial score (nSPS) is 11.2. The van der Waals surface area contributed by atoms with E-state index in [1.165, 1.54) is 0 Å². The number of fused-ring (bicyclic) bond motifs is 3. The van der Waals surface area contributed by atoms with Gasteiger partial charge in [0.2, 0.25) is 0 Å². The van der Waals surface area contributed by atoms with E-state index in [-0.39, 0.29) is 88.0 Å². The molecule has 3 heterocycles. The highest BCUT2D eigenvalue weighted by molar-refractivity contribution is 7.91. The Morgan fingerprint density at radius 3 is 0.990 bits per heavy atom. The summed E-state index contributed by atoms with van der Waals surface area (Å²) >= 11 is 0. The summed E-state index contributed by atoms with van der Waals surface area (Å²) in [5.41, 5.74) is 10.4. The molecule has 9 aromatic rings. The molecule has 18 nitrogen and oxygen atoms in total. The predicted octanol–water partition coefficient (Wildman–Crippen LogP) is 16.0. The van der Waals surface area contributed by atoms with Crippen molar-refractivity contribution in [2.24, 2.45) is 0 Å². The quantitative estimate of drug-likeness (QED) is 0.0294. The summed E-state index contributed by atoms with van der Waals surface area (Å²) in [6.07, 6.45) is 7.85. The Morgan fingerprint density at radius 2 is 0.711 bits per heavy atom. The molecule has 3 amide bonds. The number of rotatable bonds is 26. The van der Waals surface area contributed by atoms with Crippen LogP contribution in [0, 0.1) is 0 Å². The number of hydrogen-bond acceptors (Lipinski definition) is 15. The molecule has 21 heteroatoms. The van der Waals surface area contributed by atoms with Gasteiger partial charge in [-0.15, -0.1) is 0 Å². The summed E-state index contributed by atoms with van der Waals surface area (Å²) in [6.45, 7) is 17.6. The zero-order valence-electron chi connectivity index (χ0n) is 54.6. The number of aromatic nitrogens is 3. The predicted molar refractivity (Wildman–Crippen MR) is 407 cm³/mol. The molecule has 0 bridgehead atoms. The fourth-order valence-corrected chi connectivity index (χ4v) is 14.3. The van der Waals surface area contributed by atoms with Crippen molar-refractivity contribution in [3.05, 3.63) is 198 Å².